The van der Waals surface area contributed by atoms with Gasteiger partial charge in [-0.1, -0.05) is 13.8 Å². The van der Waals surface area contributed by atoms with Crippen molar-refractivity contribution in [3.8, 4) is 0 Å². The molecule has 0 aromatic heterocycles. The van der Waals surface area contributed by atoms with Crippen molar-refractivity contribution in [2.75, 3.05) is 6.54 Å². The summed E-state index contributed by atoms with van der Waals surface area (Å²) in [6, 6.07) is 0. The molecule has 88 valence electrons. The summed E-state index contributed by atoms with van der Waals surface area (Å²) in [5, 5.41) is 12.7. The highest BCUT2D eigenvalue weighted by Crippen LogP contribution is 2.29. The molecule has 1 amide bonds. The van der Waals surface area contributed by atoms with Gasteiger partial charge >= 0.3 is 0 Å². The Labute approximate surface area is 91.2 Å². The Morgan fingerprint density at radius 3 is 2.33 bits per heavy atom. The van der Waals surface area contributed by atoms with Crippen molar-refractivity contribution in [1.29, 1.82) is 0 Å². The standard InChI is InChI=1S/C11H22N2O2/c1-3-10(15,4-2)8-13-9(14)11(12)6-5-7-11/h15H,3-8,12H2,1-2H3,(H,13,14). The minimum absolute atomic E-state index is 0.117. The van der Waals surface area contributed by atoms with Crippen LogP contribution in [0.1, 0.15) is 46.0 Å². The fourth-order valence-corrected chi connectivity index (χ4v) is 1.71. The van der Waals surface area contributed by atoms with E-state index in [9.17, 15) is 9.90 Å². The number of rotatable bonds is 5. The van der Waals surface area contributed by atoms with Crippen LogP contribution >= 0.6 is 0 Å². The number of aliphatic hydroxyl groups is 1. The molecule has 4 heteroatoms. The van der Waals surface area contributed by atoms with E-state index in [-0.39, 0.29) is 5.91 Å². The van der Waals surface area contributed by atoms with Gasteiger partial charge in [-0.05, 0) is 32.1 Å². The van der Waals surface area contributed by atoms with Crippen molar-refractivity contribution in [1.82, 2.24) is 5.32 Å². The Balaban J connectivity index is 2.39. The van der Waals surface area contributed by atoms with Gasteiger partial charge in [0.2, 0.25) is 5.91 Å². The summed E-state index contributed by atoms with van der Waals surface area (Å²) in [6.07, 6.45) is 3.82. The monoisotopic (exact) mass is 214 g/mol. The van der Waals surface area contributed by atoms with Crippen LogP contribution in [0.5, 0.6) is 0 Å². The Kier molecular flexibility index (Phi) is 3.73. The van der Waals surface area contributed by atoms with Gasteiger partial charge in [-0.15, -0.1) is 0 Å². The van der Waals surface area contributed by atoms with Crippen LogP contribution in [0.4, 0.5) is 0 Å². The Morgan fingerprint density at radius 1 is 1.47 bits per heavy atom. The molecule has 0 aromatic rings. The van der Waals surface area contributed by atoms with Crippen LogP contribution in [0, 0.1) is 0 Å². The van der Waals surface area contributed by atoms with Crippen LogP contribution in [0.15, 0.2) is 0 Å². The number of amides is 1. The molecule has 0 aliphatic heterocycles. The van der Waals surface area contributed by atoms with Gasteiger partial charge < -0.3 is 16.2 Å². The average Bonchev–Trinajstić information content (AvgIpc) is 2.22. The van der Waals surface area contributed by atoms with E-state index in [0.29, 0.717) is 19.4 Å². The molecule has 0 atom stereocenters. The molecule has 1 fully saturated rings. The molecule has 0 aromatic carbocycles. The third-order valence-corrected chi connectivity index (χ3v) is 3.59. The number of carbonyl (C=O) groups excluding carboxylic acids is 1. The zero-order valence-electron chi connectivity index (χ0n) is 9.68. The minimum atomic E-state index is -0.782. The van der Waals surface area contributed by atoms with E-state index >= 15 is 0 Å². The van der Waals surface area contributed by atoms with Crippen molar-refractivity contribution in [2.45, 2.75) is 57.1 Å². The predicted molar refractivity (Wildman–Crippen MR) is 59.3 cm³/mol. The lowest BCUT2D eigenvalue weighted by Gasteiger charge is -2.37. The predicted octanol–water partition coefficient (Wildman–Crippen LogP) is 0.535. The van der Waals surface area contributed by atoms with Crippen LogP contribution in [0.2, 0.25) is 0 Å². The number of nitrogens with two attached hydrogens (primary N) is 1. The summed E-state index contributed by atoms with van der Waals surface area (Å²) in [4.78, 5) is 11.7. The van der Waals surface area contributed by atoms with E-state index in [1.807, 2.05) is 13.8 Å². The molecular formula is C11H22N2O2. The largest absolute Gasteiger partial charge is 0.388 e. The molecule has 1 aliphatic carbocycles. The first-order valence-electron chi connectivity index (χ1n) is 5.75. The topological polar surface area (TPSA) is 75.3 Å². The third-order valence-electron chi connectivity index (χ3n) is 3.59. The molecule has 0 spiro atoms. The first-order chi connectivity index (χ1) is 6.96. The molecule has 0 radical (unpaired) electrons. The van der Waals surface area contributed by atoms with Gasteiger partial charge in [-0.25, -0.2) is 0 Å². The highest BCUT2D eigenvalue weighted by molar-refractivity contribution is 5.87. The zero-order valence-corrected chi connectivity index (χ0v) is 9.68. The molecule has 0 unspecified atom stereocenters. The fourth-order valence-electron chi connectivity index (χ4n) is 1.71. The molecule has 4 N–H and O–H groups in total. The summed E-state index contributed by atoms with van der Waals surface area (Å²) in [5.74, 6) is -0.117. The number of hydrogen-bond donors (Lipinski definition) is 3. The Bertz CT molecular complexity index is 233. The van der Waals surface area contributed by atoms with Crippen molar-refractivity contribution < 1.29 is 9.90 Å². The lowest BCUT2D eigenvalue weighted by atomic mass is 9.77. The second kappa shape index (κ2) is 4.49. The van der Waals surface area contributed by atoms with Crippen molar-refractivity contribution >= 4 is 5.91 Å². The molecule has 1 rings (SSSR count). The quantitative estimate of drug-likeness (QED) is 0.625. The minimum Gasteiger partial charge on any atom is -0.388 e. The highest BCUT2D eigenvalue weighted by Gasteiger charge is 2.40. The smallest absolute Gasteiger partial charge is 0.240 e. The normalized spacial score (nSPS) is 19.5. The van der Waals surface area contributed by atoms with E-state index in [4.69, 9.17) is 5.73 Å². The van der Waals surface area contributed by atoms with Crippen molar-refractivity contribution in [3.05, 3.63) is 0 Å². The molecule has 15 heavy (non-hydrogen) atoms. The van der Waals surface area contributed by atoms with Crippen LogP contribution in [-0.4, -0.2) is 28.7 Å². The molecule has 0 heterocycles. The van der Waals surface area contributed by atoms with Crippen LogP contribution in [0.25, 0.3) is 0 Å². The van der Waals surface area contributed by atoms with Gasteiger partial charge in [0.1, 0.15) is 0 Å². The maximum Gasteiger partial charge on any atom is 0.240 e. The first-order valence-corrected chi connectivity index (χ1v) is 5.75. The van der Waals surface area contributed by atoms with Gasteiger partial charge in [-0.3, -0.25) is 4.79 Å². The summed E-state index contributed by atoms with van der Waals surface area (Å²) < 4.78 is 0. The van der Waals surface area contributed by atoms with Crippen molar-refractivity contribution in [2.24, 2.45) is 5.73 Å². The van der Waals surface area contributed by atoms with E-state index in [0.717, 1.165) is 19.3 Å². The second-order valence-electron chi connectivity index (χ2n) is 4.62. The third kappa shape index (κ3) is 2.69. The summed E-state index contributed by atoms with van der Waals surface area (Å²) in [6.45, 7) is 4.13. The number of carbonyl (C=O) groups is 1. The highest BCUT2D eigenvalue weighted by atomic mass is 16.3. The summed E-state index contributed by atoms with van der Waals surface area (Å²) >= 11 is 0. The second-order valence-corrected chi connectivity index (χ2v) is 4.62. The summed E-state index contributed by atoms with van der Waals surface area (Å²) in [7, 11) is 0. The van der Waals surface area contributed by atoms with E-state index in [1.165, 1.54) is 0 Å². The molecule has 1 aliphatic rings. The maximum absolute atomic E-state index is 11.7. The Morgan fingerprint density at radius 2 is 2.00 bits per heavy atom. The lowest BCUT2D eigenvalue weighted by molar-refractivity contribution is -0.130. The van der Waals surface area contributed by atoms with Crippen LogP contribution in [0.3, 0.4) is 0 Å². The molecule has 0 saturated heterocycles. The average molecular weight is 214 g/mol. The van der Waals surface area contributed by atoms with E-state index in [1.54, 1.807) is 0 Å². The summed E-state index contributed by atoms with van der Waals surface area (Å²) in [5.41, 5.74) is 4.42. The molecule has 4 nitrogen and oxygen atoms in total. The SMILES string of the molecule is CCC(O)(CC)CNC(=O)C1(N)CCC1. The first kappa shape index (κ1) is 12.5. The zero-order chi connectivity index (χ0) is 11.5. The van der Waals surface area contributed by atoms with Crippen molar-refractivity contribution in [3.63, 3.8) is 0 Å². The molecular weight excluding hydrogens is 192 g/mol. The van der Waals surface area contributed by atoms with Gasteiger partial charge in [0.25, 0.3) is 0 Å². The van der Waals surface area contributed by atoms with Crippen LogP contribution < -0.4 is 11.1 Å². The number of nitrogens with one attached hydrogen (secondary N) is 1. The van der Waals surface area contributed by atoms with Gasteiger partial charge in [0, 0.05) is 6.54 Å². The lowest BCUT2D eigenvalue weighted by Crippen LogP contribution is -2.60. The molecule has 0 bridgehead atoms. The maximum atomic E-state index is 11.7. The van der Waals surface area contributed by atoms with Gasteiger partial charge in [-0.2, -0.15) is 0 Å². The van der Waals surface area contributed by atoms with Gasteiger partial charge in [0.15, 0.2) is 0 Å². The van der Waals surface area contributed by atoms with E-state index in [2.05, 4.69) is 5.32 Å². The van der Waals surface area contributed by atoms with E-state index < -0.39 is 11.1 Å². The molecule has 1 saturated carbocycles. The van der Waals surface area contributed by atoms with Gasteiger partial charge in [0.05, 0.1) is 11.1 Å². The van der Waals surface area contributed by atoms with Crippen LogP contribution in [-0.2, 0) is 4.79 Å². The Hall–Kier alpha value is -0.610. The fraction of sp³-hybridized carbons (Fsp3) is 0.909. The number of hydrogen-bond acceptors (Lipinski definition) is 3.